The van der Waals surface area contributed by atoms with E-state index in [4.69, 9.17) is 0 Å². The van der Waals surface area contributed by atoms with Crippen LogP contribution < -0.4 is 15.5 Å². The third-order valence-electron chi connectivity index (χ3n) is 4.77. The molecule has 1 aromatic carbocycles. The predicted molar refractivity (Wildman–Crippen MR) is 101 cm³/mol. The first-order valence-electron chi connectivity index (χ1n) is 9.11. The molecule has 0 radical (unpaired) electrons. The molecular weight excluding hydrogens is 328 g/mol. The SMILES string of the molecule is O=C(Nc1ccc(N2CCCC2)cc1)c1cncc(C(=O)NC2CC2)c1. The molecular formula is C20H22N4O2. The van der Waals surface area contributed by atoms with Gasteiger partial charge in [-0.25, -0.2) is 0 Å². The van der Waals surface area contributed by atoms with Crippen LogP contribution in [-0.2, 0) is 0 Å². The van der Waals surface area contributed by atoms with E-state index in [1.807, 2.05) is 24.3 Å². The number of nitrogens with one attached hydrogen (secondary N) is 2. The minimum atomic E-state index is -0.271. The van der Waals surface area contributed by atoms with Crippen LogP contribution in [0.15, 0.2) is 42.7 Å². The number of rotatable bonds is 5. The van der Waals surface area contributed by atoms with Crippen LogP contribution in [0.4, 0.5) is 11.4 Å². The van der Waals surface area contributed by atoms with Crippen LogP contribution in [0.25, 0.3) is 0 Å². The minimum absolute atomic E-state index is 0.176. The average molecular weight is 350 g/mol. The molecule has 0 bridgehead atoms. The van der Waals surface area contributed by atoms with Gasteiger partial charge in [0.25, 0.3) is 11.8 Å². The van der Waals surface area contributed by atoms with Crippen LogP contribution in [0.3, 0.4) is 0 Å². The highest BCUT2D eigenvalue weighted by molar-refractivity contribution is 6.05. The molecule has 1 aromatic heterocycles. The Labute approximate surface area is 152 Å². The zero-order chi connectivity index (χ0) is 17.9. The first-order valence-corrected chi connectivity index (χ1v) is 9.11. The van der Waals surface area contributed by atoms with Gasteiger partial charge in [-0.15, -0.1) is 0 Å². The van der Waals surface area contributed by atoms with Crippen LogP contribution >= 0.6 is 0 Å². The summed E-state index contributed by atoms with van der Waals surface area (Å²) < 4.78 is 0. The van der Waals surface area contributed by atoms with Crippen molar-refractivity contribution in [2.75, 3.05) is 23.3 Å². The lowest BCUT2D eigenvalue weighted by Crippen LogP contribution is -2.26. The fraction of sp³-hybridized carbons (Fsp3) is 0.350. The minimum Gasteiger partial charge on any atom is -0.372 e. The lowest BCUT2D eigenvalue weighted by Gasteiger charge is -2.17. The van der Waals surface area contributed by atoms with E-state index in [1.54, 1.807) is 6.07 Å². The Morgan fingerprint density at radius 2 is 1.62 bits per heavy atom. The van der Waals surface area contributed by atoms with Gasteiger partial charge in [0.1, 0.15) is 0 Å². The van der Waals surface area contributed by atoms with Crippen LogP contribution in [0.5, 0.6) is 0 Å². The maximum absolute atomic E-state index is 12.5. The van der Waals surface area contributed by atoms with E-state index in [-0.39, 0.29) is 17.9 Å². The third kappa shape index (κ3) is 3.85. The summed E-state index contributed by atoms with van der Waals surface area (Å²) in [6.07, 6.45) is 7.47. The number of nitrogens with zero attached hydrogens (tertiary/aromatic N) is 2. The van der Waals surface area contributed by atoms with Crippen molar-refractivity contribution in [2.24, 2.45) is 0 Å². The quantitative estimate of drug-likeness (QED) is 0.870. The van der Waals surface area contributed by atoms with Crippen molar-refractivity contribution in [2.45, 2.75) is 31.7 Å². The van der Waals surface area contributed by atoms with Crippen LogP contribution in [0.2, 0.25) is 0 Å². The van der Waals surface area contributed by atoms with Gasteiger partial charge in [0.2, 0.25) is 0 Å². The summed E-state index contributed by atoms with van der Waals surface area (Å²) in [5, 5.41) is 5.77. The highest BCUT2D eigenvalue weighted by Crippen LogP contribution is 2.22. The molecule has 1 saturated heterocycles. The van der Waals surface area contributed by atoms with Gasteiger partial charge in [-0.1, -0.05) is 0 Å². The van der Waals surface area contributed by atoms with Crippen LogP contribution in [-0.4, -0.2) is 35.9 Å². The molecule has 6 heteroatoms. The maximum atomic E-state index is 12.5. The Balaban J connectivity index is 1.41. The van der Waals surface area contributed by atoms with Gasteiger partial charge in [0, 0.05) is 42.9 Å². The second-order valence-corrected chi connectivity index (χ2v) is 6.91. The molecule has 2 amide bonds. The molecule has 6 nitrogen and oxygen atoms in total. The molecule has 2 aromatic rings. The molecule has 0 unspecified atom stereocenters. The number of benzene rings is 1. The highest BCUT2D eigenvalue weighted by Gasteiger charge is 2.24. The number of pyridine rings is 1. The lowest BCUT2D eigenvalue weighted by atomic mass is 10.1. The van der Waals surface area contributed by atoms with E-state index >= 15 is 0 Å². The first kappa shape index (κ1) is 16.6. The van der Waals surface area contributed by atoms with Gasteiger partial charge in [0.15, 0.2) is 0 Å². The van der Waals surface area contributed by atoms with Crippen molar-refractivity contribution in [3.8, 4) is 0 Å². The fourth-order valence-corrected chi connectivity index (χ4v) is 3.12. The number of aromatic nitrogens is 1. The normalized spacial score (nSPS) is 16.4. The summed E-state index contributed by atoms with van der Waals surface area (Å²) in [7, 11) is 0. The molecule has 134 valence electrons. The van der Waals surface area contributed by atoms with Crippen molar-refractivity contribution in [3.63, 3.8) is 0 Å². The lowest BCUT2D eigenvalue weighted by molar-refractivity contribution is 0.0950. The van der Waals surface area contributed by atoms with Crippen molar-refractivity contribution in [1.29, 1.82) is 0 Å². The molecule has 2 aliphatic rings. The molecule has 1 saturated carbocycles. The smallest absolute Gasteiger partial charge is 0.257 e. The predicted octanol–water partition coefficient (Wildman–Crippen LogP) is 2.83. The van der Waals surface area contributed by atoms with Crippen LogP contribution in [0, 0.1) is 0 Å². The number of hydrogen-bond donors (Lipinski definition) is 2. The van der Waals surface area contributed by atoms with Crippen molar-refractivity contribution in [1.82, 2.24) is 10.3 Å². The van der Waals surface area contributed by atoms with Gasteiger partial charge >= 0.3 is 0 Å². The number of anilines is 2. The summed E-state index contributed by atoms with van der Waals surface area (Å²) in [6.45, 7) is 2.18. The highest BCUT2D eigenvalue weighted by atomic mass is 16.2. The fourth-order valence-electron chi connectivity index (χ4n) is 3.12. The Morgan fingerprint density at radius 3 is 2.27 bits per heavy atom. The van der Waals surface area contributed by atoms with Gasteiger partial charge < -0.3 is 15.5 Å². The first-order chi connectivity index (χ1) is 12.7. The van der Waals surface area contributed by atoms with E-state index in [1.165, 1.54) is 30.9 Å². The molecule has 2 N–H and O–H groups in total. The van der Waals surface area contributed by atoms with E-state index in [9.17, 15) is 9.59 Å². The number of carbonyl (C=O) groups excluding carboxylic acids is 2. The standard InChI is InChI=1S/C20H22N4O2/c25-19(22-16-3-4-16)14-11-15(13-21-12-14)20(26)23-17-5-7-18(8-6-17)24-9-1-2-10-24/h5-8,11-13,16H,1-4,9-10H2,(H,22,25)(H,23,26). The Bertz CT molecular complexity index is 809. The Kier molecular flexibility index (Phi) is 4.56. The van der Waals surface area contributed by atoms with Crippen molar-refractivity contribution >= 4 is 23.2 Å². The molecule has 0 atom stereocenters. The summed E-state index contributed by atoms with van der Waals surface area (Å²) >= 11 is 0. The largest absolute Gasteiger partial charge is 0.372 e. The summed E-state index contributed by atoms with van der Waals surface area (Å²) in [4.78, 5) is 31.0. The van der Waals surface area contributed by atoms with Crippen molar-refractivity contribution < 1.29 is 9.59 Å². The van der Waals surface area contributed by atoms with E-state index < -0.39 is 0 Å². The zero-order valence-electron chi connectivity index (χ0n) is 14.6. The van der Waals surface area contributed by atoms with E-state index in [0.29, 0.717) is 11.1 Å². The molecule has 1 aliphatic heterocycles. The molecule has 0 spiro atoms. The summed E-state index contributed by atoms with van der Waals surface area (Å²) in [5.41, 5.74) is 2.69. The zero-order valence-corrected chi connectivity index (χ0v) is 14.6. The summed E-state index contributed by atoms with van der Waals surface area (Å²) in [5.74, 6) is -0.447. The van der Waals surface area contributed by atoms with Gasteiger partial charge in [-0.3, -0.25) is 14.6 Å². The van der Waals surface area contributed by atoms with Gasteiger partial charge in [0.05, 0.1) is 11.1 Å². The topological polar surface area (TPSA) is 74.3 Å². The molecule has 26 heavy (non-hydrogen) atoms. The van der Waals surface area contributed by atoms with E-state index in [0.717, 1.165) is 31.6 Å². The number of amides is 2. The van der Waals surface area contributed by atoms with Gasteiger partial charge in [-0.05, 0) is 56.0 Å². The van der Waals surface area contributed by atoms with Gasteiger partial charge in [-0.2, -0.15) is 0 Å². The third-order valence-corrected chi connectivity index (χ3v) is 4.77. The molecule has 2 fully saturated rings. The molecule has 1 aliphatic carbocycles. The number of hydrogen-bond acceptors (Lipinski definition) is 4. The molecule has 2 heterocycles. The van der Waals surface area contributed by atoms with Crippen LogP contribution in [0.1, 0.15) is 46.4 Å². The Hall–Kier alpha value is -2.89. The molecule has 4 rings (SSSR count). The second kappa shape index (κ2) is 7.15. The van der Waals surface area contributed by atoms with Crippen molar-refractivity contribution in [3.05, 3.63) is 53.9 Å². The summed E-state index contributed by atoms with van der Waals surface area (Å²) in [6, 6.07) is 9.72. The maximum Gasteiger partial charge on any atom is 0.257 e. The average Bonchev–Trinajstić information content (AvgIpc) is 3.31. The Morgan fingerprint density at radius 1 is 0.962 bits per heavy atom. The second-order valence-electron chi connectivity index (χ2n) is 6.91. The van der Waals surface area contributed by atoms with E-state index in [2.05, 4.69) is 20.5 Å². The monoisotopic (exact) mass is 350 g/mol. The number of carbonyl (C=O) groups is 2.